The molecule has 15 heterocycles. The number of amides is 2. The molecular formula is C91H113N28O7+. The van der Waals surface area contributed by atoms with E-state index in [1.54, 1.807) is 32.5 Å². The van der Waals surface area contributed by atoms with Gasteiger partial charge in [-0.3, -0.25) is 9.80 Å². The number of hydrogen-bond donors (Lipinski definition) is 7. The molecular weight excluding hydrogens is 1600 g/mol. The summed E-state index contributed by atoms with van der Waals surface area (Å²) >= 11 is 0. The zero-order valence-corrected chi connectivity index (χ0v) is 73.6. The van der Waals surface area contributed by atoms with Crippen molar-refractivity contribution in [1.82, 2.24) is 113 Å². The lowest BCUT2D eigenvalue weighted by atomic mass is 10.0. The van der Waals surface area contributed by atoms with Crippen LogP contribution in [0.2, 0.25) is 0 Å². The Morgan fingerprint density at radius 1 is 0.421 bits per heavy atom. The molecule has 35 heteroatoms. The van der Waals surface area contributed by atoms with Gasteiger partial charge in [0, 0.05) is 122 Å². The molecule has 658 valence electrons. The Balaban J connectivity index is 0.000000136. The Kier molecular flexibility index (Phi) is 27.2. The lowest BCUT2D eigenvalue weighted by molar-refractivity contribution is -0.936. The van der Waals surface area contributed by atoms with E-state index in [9.17, 15) is 9.59 Å². The number of benzene rings is 3. The maximum atomic E-state index is 12.2. The number of ether oxygens (including phenoxy) is 5. The molecule has 12 aromatic heterocycles. The first-order chi connectivity index (χ1) is 60.8. The van der Waals surface area contributed by atoms with Crippen molar-refractivity contribution in [1.29, 1.82) is 0 Å². The number of fused-ring (bicyclic) bond motifs is 6. The number of piperidine rings is 3. The minimum absolute atomic E-state index is 0.114. The molecule has 126 heavy (non-hydrogen) atoms. The summed E-state index contributed by atoms with van der Waals surface area (Å²) in [5.74, 6) is 6.75. The van der Waals surface area contributed by atoms with Gasteiger partial charge >= 0.3 is 12.2 Å². The van der Waals surface area contributed by atoms with E-state index >= 15 is 0 Å². The van der Waals surface area contributed by atoms with Crippen LogP contribution in [0, 0.1) is 20.8 Å². The number of pyridine rings is 3. The number of carbonyl (C=O) groups is 2. The zero-order chi connectivity index (χ0) is 88.1. The smallest absolute Gasteiger partial charge is 0.407 e. The molecule has 0 aliphatic carbocycles. The summed E-state index contributed by atoms with van der Waals surface area (Å²) in [7, 11) is 0. The highest BCUT2D eigenvalue weighted by Gasteiger charge is 2.29. The Labute approximate surface area is 731 Å². The number of nitrogens with zero attached hydrogens (tertiary/aromatic N) is 21. The molecule has 8 N–H and O–H groups in total. The van der Waals surface area contributed by atoms with Gasteiger partial charge in [0.2, 0.25) is 0 Å². The van der Waals surface area contributed by atoms with Crippen LogP contribution in [0.4, 0.5) is 44.1 Å². The van der Waals surface area contributed by atoms with Gasteiger partial charge in [0.25, 0.3) is 0 Å². The first-order valence-corrected chi connectivity index (χ1v) is 43.1. The van der Waals surface area contributed by atoms with Gasteiger partial charge in [-0.1, -0.05) is 0 Å². The summed E-state index contributed by atoms with van der Waals surface area (Å²) in [4.78, 5) is 54.8. The predicted molar refractivity (Wildman–Crippen MR) is 483 cm³/mol. The average Bonchev–Trinajstić information content (AvgIpc) is 1.64. The van der Waals surface area contributed by atoms with Crippen LogP contribution in [-0.2, 0) is 29.1 Å². The number of carbonyl (C=O) groups excluding carboxylic acids is 2. The van der Waals surface area contributed by atoms with Crippen LogP contribution in [0.25, 0.3) is 33.5 Å². The molecule has 3 aliphatic heterocycles. The number of aromatic nitrogens is 18. The van der Waals surface area contributed by atoms with Crippen molar-refractivity contribution in [3.8, 4) is 34.5 Å². The molecule has 0 unspecified atom stereocenters. The Morgan fingerprint density at radius 3 is 1.10 bits per heavy atom. The Bertz CT molecular complexity index is 6200. The first-order valence-electron chi connectivity index (χ1n) is 43.1. The van der Waals surface area contributed by atoms with Gasteiger partial charge in [-0.2, -0.15) is 30.6 Å². The number of alkyl carbamates (subject to hydrolysis) is 2. The standard InChI is InChI=1S/C30H35N9O3.C26H31N8O.C25H27N9O.C10H20N2O2/c1-20-15-23(5-6-25(20)41-24-10-14-38-26(16-24)31-18-33-38)35-28-27-21(7-13-39(27)34-19-32-28)17-37-11-8-22(9-12-37)36-29(40)42-30(2,3)4;1-5-34(6-2,7-3)16-20-10-12-33-25(20)26(28-18-30-33)31-21-8-9-23(19(4)14-21)35-22-11-13-32-24(15-22)27-17-29-32;1-17-12-20(2-3-22(17)35-21-7-11-33-23(13-21)27-15-29-33)31-25-24-18(4-10-34(24)30-16-28-25)14-32-8-5-19(26)6-9-32;1-10(2,3)14-9(13)12-8-4-6-11-7-5-8/h5-7,10,13-16,18-19,22H,8-9,11-12,17H2,1-4H3,(H,36,40)(H,32,34,35);8-15,17-18H,5-7,16H2,1-4H3,(H,28,30,31);2-4,7,10-13,15-16,19H,5-6,8-9,14,26H2,1H3,(H,28,30,31);8,11H,4-7H2,1-3H3,(H,12,13)/q;+1;;. The van der Waals surface area contributed by atoms with Crippen molar-refractivity contribution < 1.29 is 37.8 Å². The molecule has 3 fully saturated rings. The molecule has 0 spiro atoms. The van der Waals surface area contributed by atoms with Crippen LogP contribution < -0.4 is 51.8 Å². The highest BCUT2D eigenvalue weighted by atomic mass is 16.6. The minimum Gasteiger partial charge on any atom is -0.457 e. The third-order valence-corrected chi connectivity index (χ3v) is 22.7. The topological polar surface area (TPSA) is 366 Å². The molecule has 3 saturated heterocycles. The molecule has 35 nitrogen and oxygen atoms in total. The maximum Gasteiger partial charge on any atom is 0.407 e. The van der Waals surface area contributed by atoms with Crippen LogP contribution in [0.3, 0.4) is 0 Å². The molecule has 18 rings (SSSR count). The van der Waals surface area contributed by atoms with E-state index in [1.807, 2.05) is 192 Å². The van der Waals surface area contributed by atoms with Crippen molar-refractivity contribution in [3.63, 3.8) is 0 Å². The largest absolute Gasteiger partial charge is 0.457 e. The Morgan fingerprint density at radius 2 is 0.746 bits per heavy atom. The van der Waals surface area contributed by atoms with Crippen molar-refractivity contribution in [2.45, 2.75) is 171 Å². The van der Waals surface area contributed by atoms with E-state index in [2.05, 4.69) is 153 Å². The second kappa shape index (κ2) is 39.2. The fraction of sp³-hybridized carbons (Fsp3) is 0.385. The maximum absolute atomic E-state index is 12.2. The van der Waals surface area contributed by atoms with Crippen molar-refractivity contribution in [2.24, 2.45) is 5.73 Å². The molecule has 0 bridgehead atoms. The fourth-order valence-electron chi connectivity index (χ4n) is 15.7. The molecule has 0 atom stereocenters. The molecule has 3 aromatic carbocycles. The van der Waals surface area contributed by atoms with Gasteiger partial charge in [-0.15, -0.1) is 0 Å². The lowest BCUT2D eigenvalue weighted by Crippen LogP contribution is -2.46. The normalized spacial score (nSPS) is 14.5. The average molecular weight is 1710 g/mol. The van der Waals surface area contributed by atoms with Gasteiger partial charge in [-0.25, -0.2) is 66.6 Å². The molecule has 15 aromatic rings. The fourth-order valence-corrected chi connectivity index (χ4v) is 15.7. The molecule has 2 amide bonds. The van der Waals surface area contributed by atoms with Gasteiger partial charge in [0.05, 0.1) is 19.6 Å². The molecule has 0 saturated carbocycles. The van der Waals surface area contributed by atoms with Crippen LogP contribution in [0.15, 0.2) is 184 Å². The van der Waals surface area contributed by atoms with Gasteiger partial charge in [0.15, 0.2) is 34.4 Å². The SMILES string of the molecule is CC(C)(C)OC(=O)NC1CCNCC1.CC[N+](CC)(CC)Cc1ccn2ncnc(Nc3ccc(Oc4ccn5ncnc5c4)c(C)c3)c12.Cc1cc(Nc2ncnn3ccc(CN4CCC(N)CC4)c23)ccc1Oc1ccn2ncnc2c1.Cc1cc(Nc2ncnn3ccc(CN4CCC(NC(=O)OC(C)(C)C)CC4)c23)ccc1Oc1ccn2ncnc2c1. The van der Waals surface area contributed by atoms with Crippen LogP contribution >= 0.6 is 0 Å². The molecule has 3 aliphatic rings. The number of nitrogens with one attached hydrogen (secondary N) is 6. The van der Waals surface area contributed by atoms with Gasteiger partial charge in [-0.05, 0) is 267 Å². The van der Waals surface area contributed by atoms with E-state index in [0.29, 0.717) is 23.3 Å². The third kappa shape index (κ3) is 22.4. The van der Waals surface area contributed by atoms with E-state index in [1.165, 1.54) is 30.1 Å². The summed E-state index contributed by atoms with van der Waals surface area (Å²) in [6.07, 6.45) is 25.9. The van der Waals surface area contributed by atoms with Crippen LogP contribution in [0.1, 0.15) is 134 Å². The van der Waals surface area contributed by atoms with Crippen molar-refractivity contribution >= 4 is 80.2 Å². The molecule has 0 radical (unpaired) electrons. The van der Waals surface area contributed by atoms with Crippen LogP contribution in [-0.4, -0.2) is 202 Å². The number of rotatable bonds is 23. The van der Waals surface area contributed by atoms with E-state index in [-0.39, 0.29) is 24.3 Å². The first kappa shape index (κ1) is 87.4. The summed E-state index contributed by atoms with van der Waals surface area (Å²) in [6.45, 7) is 35.6. The lowest BCUT2D eigenvalue weighted by Gasteiger charge is -2.35. The number of aryl methyl sites for hydroxylation is 3. The Hall–Kier alpha value is -13.5. The zero-order valence-electron chi connectivity index (χ0n) is 73.6. The monoisotopic (exact) mass is 1710 g/mol. The quantitative estimate of drug-likeness (QED) is 0.0292. The van der Waals surface area contributed by atoms with Crippen LogP contribution in [0.5, 0.6) is 34.5 Å². The number of likely N-dealkylation sites (tertiary alicyclic amines) is 2. The number of nitrogens with two attached hydrogens (primary N) is 1. The summed E-state index contributed by atoms with van der Waals surface area (Å²) in [5.41, 5.74) is 19.7. The van der Waals surface area contributed by atoms with E-state index < -0.39 is 11.2 Å². The predicted octanol–water partition coefficient (Wildman–Crippen LogP) is 14.9. The van der Waals surface area contributed by atoms with Crippen molar-refractivity contribution in [2.75, 3.05) is 74.9 Å². The highest BCUT2D eigenvalue weighted by Crippen LogP contribution is 2.36. The number of quaternary nitrogens is 1. The van der Waals surface area contributed by atoms with Gasteiger partial charge in [0.1, 0.15) is 107 Å². The second-order valence-electron chi connectivity index (χ2n) is 34.1. The summed E-state index contributed by atoms with van der Waals surface area (Å²) < 4.78 is 40.7. The second-order valence-corrected chi connectivity index (χ2v) is 34.1. The third-order valence-electron chi connectivity index (χ3n) is 22.7. The minimum atomic E-state index is -0.502. The summed E-state index contributed by atoms with van der Waals surface area (Å²) in [5, 5.41) is 45.2. The number of anilines is 6. The number of hydrogen-bond acceptors (Lipinski definition) is 26. The van der Waals surface area contributed by atoms with E-state index in [4.69, 9.17) is 29.4 Å². The van der Waals surface area contributed by atoms with Gasteiger partial charge < -0.3 is 65.8 Å². The van der Waals surface area contributed by atoms with Crippen molar-refractivity contribution in [3.05, 3.63) is 218 Å². The van der Waals surface area contributed by atoms with E-state index in [0.717, 1.165) is 229 Å². The summed E-state index contributed by atoms with van der Waals surface area (Å²) in [6, 6.07) is 36.3. The highest BCUT2D eigenvalue weighted by molar-refractivity contribution is 5.79.